The summed E-state index contributed by atoms with van der Waals surface area (Å²) in [5, 5.41) is 0. The Morgan fingerprint density at radius 1 is 1.45 bits per heavy atom. The van der Waals surface area contributed by atoms with Crippen LogP contribution in [0.4, 0.5) is 0 Å². The molecule has 1 heterocycles. The van der Waals surface area contributed by atoms with Gasteiger partial charge in [-0.2, -0.15) is 0 Å². The van der Waals surface area contributed by atoms with E-state index in [0.29, 0.717) is 10.7 Å². The third-order valence-electron chi connectivity index (χ3n) is 1.30. The van der Waals surface area contributed by atoms with E-state index in [9.17, 15) is 17.8 Å². The molecule has 0 aromatic heterocycles. The maximum Gasteiger partial charge on any atom is 1.00 e. The van der Waals surface area contributed by atoms with Crippen LogP contribution in [0.5, 0.6) is 0 Å². The van der Waals surface area contributed by atoms with Crippen LogP contribution in [-0.2, 0) is 15.1 Å². The van der Waals surface area contributed by atoms with Gasteiger partial charge in [0.05, 0.1) is 0 Å². The van der Waals surface area contributed by atoms with E-state index in [1.165, 1.54) is 0 Å². The molecule has 1 rings (SSSR count). The van der Waals surface area contributed by atoms with Gasteiger partial charge < -0.3 is 4.55 Å². The van der Waals surface area contributed by atoms with Crippen molar-refractivity contribution in [3.05, 3.63) is 0 Å². The van der Waals surface area contributed by atoms with E-state index >= 15 is 0 Å². The average molecular weight is 187 g/mol. The van der Waals surface area contributed by atoms with Crippen LogP contribution in [0, 0.1) is 0 Å². The van der Waals surface area contributed by atoms with Crippen LogP contribution < -0.4 is 29.6 Å². The molecule has 0 bridgehead atoms. The van der Waals surface area contributed by atoms with Crippen LogP contribution in [0.1, 0.15) is 12.8 Å². The fourth-order valence-electron chi connectivity index (χ4n) is 0.860. The number of amides is 1. The normalized spacial score (nSPS) is 18.3. The second kappa shape index (κ2) is 3.86. The first kappa shape index (κ1) is 11.4. The molecule has 0 saturated carbocycles. The van der Waals surface area contributed by atoms with E-state index in [1.807, 2.05) is 0 Å². The van der Waals surface area contributed by atoms with Gasteiger partial charge in [0.2, 0.25) is 5.91 Å². The minimum absolute atomic E-state index is 0. The molecule has 0 atom stereocenters. The number of carbonyl (C=O) groups excluding carboxylic acids is 1. The van der Waals surface area contributed by atoms with Crippen LogP contribution in [0.15, 0.2) is 0 Å². The first-order valence-corrected chi connectivity index (χ1v) is 4.15. The number of hydrogen-bond donors (Lipinski definition) is 0. The summed E-state index contributed by atoms with van der Waals surface area (Å²) < 4.78 is 30.9. The molecule has 11 heavy (non-hydrogen) atoms. The van der Waals surface area contributed by atoms with Crippen LogP contribution >= 0.6 is 0 Å². The van der Waals surface area contributed by atoms with Crippen molar-refractivity contribution in [2.75, 3.05) is 6.54 Å². The molecule has 0 unspecified atom stereocenters. The second-order valence-electron chi connectivity index (χ2n) is 2.03. The second-order valence-corrected chi connectivity index (χ2v) is 3.32. The topological polar surface area (TPSA) is 77.5 Å². The fourth-order valence-corrected chi connectivity index (χ4v) is 1.55. The van der Waals surface area contributed by atoms with Crippen molar-refractivity contribution in [2.45, 2.75) is 12.8 Å². The Labute approximate surface area is 86.9 Å². The van der Waals surface area contributed by atoms with Gasteiger partial charge in [-0.25, -0.2) is 12.7 Å². The summed E-state index contributed by atoms with van der Waals surface area (Å²) in [4.78, 5) is 10.6. The van der Waals surface area contributed by atoms with E-state index in [-0.39, 0.29) is 42.5 Å². The van der Waals surface area contributed by atoms with Gasteiger partial charge in [0, 0.05) is 13.0 Å². The zero-order chi connectivity index (χ0) is 7.78. The van der Waals surface area contributed by atoms with E-state index < -0.39 is 16.2 Å². The van der Waals surface area contributed by atoms with Gasteiger partial charge in [-0.15, -0.1) is 0 Å². The van der Waals surface area contributed by atoms with Crippen molar-refractivity contribution < 1.29 is 47.3 Å². The number of nitrogens with zero attached hydrogens (tertiary/aromatic N) is 1. The summed E-state index contributed by atoms with van der Waals surface area (Å²) >= 11 is 0. The van der Waals surface area contributed by atoms with Gasteiger partial charge in [-0.05, 0) is 6.42 Å². The van der Waals surface area contributed by atoms with Crippen molar-refractivity contribution >= 4 is 16.2 Å². The van der Waals surface area contributed by atoms with Gasteiger partial charge in [-0.3, -0.25) is 4.79 Å². The summed E-state index contributed by atoms with van der Waals surface area (Å²) in [6.07, 6.45) is 0.627. The van der Waals surface area contributed by atoms with Gasteiger partial charge >= 0.3 is 29.6 Å². The summed E-state index contributed by atoms with van der Waals surface area (Å²) in [5.74, 6) is -0.588. The molecule has 0 aliphatic carbocycles. The largest absolute Gasteiger partial charge is 1.00 e. The van der Waals surface area contributed by atoms with E-state index in [1.54, 1.807) is 0 Å². The molecule has 0 radical (unpaired) electrons. The quantitative estimate of drug-likeness (QED) is 0.310. The molecule has 7 heteroatoms. The van der Waals surface area contributed by atoms with Crippen molar-refractivity contribution in [3.63, 3.8) is 0 Å². The monoisotopic (exact) mass is 187 g/mol. The summed E-state index contributed by atoms with van der Waals surface area (Å²) in [7, 11) is -4.52. The standard InChI is InChI=1S/C4H7NO4S.Na/c6-4-2-1-3-5(4)10(7,8)9;/h1-3H2,(H,7,8,9);/q;+1/p-1. The molecular weight excluding hydrogens is 181 g/mol. The number of carbonyl (C=O) groups is 1. The van der Waals surface area contributed by atoms with E-state index in [2.05, 4.69) is 0 Å². The smallest absolute Gasteiger partial charge is 0.731 e. The molecule has 0 aromatic rings. The minimum Gasteiger partial charge on any atom is -0.731 e. The van der Waals surface area contributed by atoms with Crippen LogP contribution in [0.25, 0.3) is 0 Å². The SMILES string of the molecule is O=C1CCCN1S(=O)(=O)[O-].[Na+]. The number of rotatable bonds is 1. The zero-order valence-corrected chi connectivity index (χ0v) is 8.93. The summed E-state index contributed by atoms with van der Waals surface area (Å²) in [5.41, 5.74) is 0. The van der Waals surface area contributed by atoms with E-state index in [4.69, 9.17) is 0 Å². The predicted molar refractivity (Wildman–Crippen MR) is 30.6 cm³/mol. The van der Waals surface area contributed by atoms with E-state index in [0.717, 1.165) is 0 Å². The summed E-state index contributed by atoms with van der Waals surface area (Å²) in [6, 6.07) is 0. The minimum atomic E-state index is -4.52. The Morgan fingerprint density at radius 3 is 2.18 bits per heavy atom. The zero-order valence-electron chi connectivity index (χ0n) is 6.11. The maximum absolute atomic E-state index is 10.6. The first-order chi connectivity index (χ1) is 4.52. The van der Waals surface area contributed by atoms with Crippen LogP contribution in [-0.4, -0.2) is 29.7 Å². The molecule has 5 nitrogen and oxygen atoms in total. The Hall–Kier alpha value is 0.380. The van der Waals surface area contributed by atoms with Gasteiger partial charge in [0.25, 0.3) is 0 Å². The predicted octanol–water partition coefficient (Wildman–Crippen LogP) is -3.93. The molecule has 0 N–H and O–H groups in total. The fraction of sp³-hybridized carbons (Fsp3) is 0.750. The van der Waals surface area contributed by atoms with Crippen LogP contribution in [0.3, 0.4) is 0 Å². The third-order valence-corrected chi connectivity index (χ3v) is 2.23. The Kier molecular flexibility index (Phi) is 3.99. The van der Waals surface area contributed by atoms with Gasteiger partial charge in [0.1, 0.15) is 0 Å². The molecule has 58 valence electrons. The Balaban J connectivity index is 0.000001000. The summed E-state index contributed by atoms with van der Waals surface area (Å²) in [6.45, 7) is 0.0463. The van der Waals surface area contributed by atoms with Gasteiger partial charge in [0.15, 0.2) is 10.3 Å². The molecular formula is C4H6NNaO4S. The molecule has 1 aliphatic heterocycles. The number of hydrogen-bond acceptors (Lipinski definition) is 4. The maximum atomic E-state index is 10.6. The molecule has 0 spiro atoms. The van der Waals surface area contributed by atoms with Crippen LogP contribution in [0.2, 0.25) is 0 Å². The van der Waals surface area contributed by atoms with Crippen molar-refractivity contribution in [3.8, 4) is 0 Å². The molecule has 1 fully saturated rings. The molecule has 1 saturated heterocycles. The first-order valence-electron chi connectivity index (χ1n) is 2.78. The van der Waals surface area contributed by atoms with Crippen molar-refractivity contribution in [2.24, 2.45) is 0 Å². The third kappa shape index (κ3) is 2.72. The molecule has 0 aromatic carbocycles. The van der Waals surface area contributed by atoms with Gasteiger partial charge in [-0.1, -0.05) is 0 Å². The Bertz CT molecular complexity index is 249. The Morgan fingerprint density at radius 2 is 2.00 bits per heavy atom. The molecule has 1 amide bonds. The average Bonchev–Trinajstić information content (AvgIpc) is 2.11. The van der Waals surface area contributed by atoms with Crippen molar-refractivity contribution in [1.82, 2.24) is 4.31 Å². The molecule has 1 aliphatic rings. The van der Waals surface area contributed by atoms with Crippen molar-refractivity contribution in [1.29, 1.82) is 0 Å².